The number of nitrogens with zero attached hydrogens (tertiary/aromatic N) is 1. The van der Waals surface area contributed by atoms with Crippen LogP contribution in [0.5, 0.6) is 11.5 Å². The molecule has 0 N–H and O–H groups in total. The zero-order valence-electron chi connectivity index (χ0n) is 16.0. The molecule has 0 atom stereocenters. The van der Waals surface area contributed by atoms with E-state index < -0.39 is 10.1 Å². The molecule has 0 fully saturated rings. The van der Waals surface area contributed by atoms with Crippen LogP contribution in [0.3, 0.4) is 0 Å². The normalized spacial score (nSPS) is 11.6. The standard InChI is InChI=1S/C22H20ClNO4S/c1-3-27-19-9-7-18(8-10-19)24-15-17-6-13-22(21(23)14-17)28-29(25,26)20-11-4-16(2)5-12-20/h4-15H,3H2,1-2H3. The van der Waals surface area contributed by atoms with Crippen molar-refractivity contribution in [3.05, 3.63) is 82.9 Å². The quantitative estimate of drug-likeness (QED) is 0.364. The first-order valence-corrected chi connectivity index (χ1v) is 10.7. The van der Waals surface area contributed by atoms with Crippen molar-refractivity contribution in [3.63, 3.8) is 0 Å². The Labute approximate surface area is 175 Å². The second-order valence-electron chi connectivity index (χ2n) is 6.23. The zero-order chi connectivity index (χ0) is 20.9. The van der Waals surface area contributed by atoms with Gasteiger partial charge >= 0.3 is 10.1 Å². The molecule has 0 unspecified atom stereocenters. The maximum absolute atomic E-state index is 12.4. The van der Waals surface area contributed by atoms with E-state index >= 15 is 0 Å². The molecule has 29 heavy (non-hydrogen) atoms. The maximum atomic E-state index is 12.4. The van der Waals surface area contributed by atoms with Gasteiger partial charge in [-0.15, -0.1) is 0 Å². The van der Waals surface area contributed by atoms with Gasteiger partial charge in [0.15, 0.2) is 5.75 Å². The van der Waals surface area contributed by atoms with Crippen molar-refractivity contribution < 1.29 is 17.3 Å². The zero-order valence-corrected chi connectivity index (χ0v) is 17.6. The minimum Gasteiger partial charge on any atom is -0.494 e. The van der Waals surface area contributed by atoms with Gasteiger partial charge in [-0.05, 0) is 74.0 Å². The molecule has 0 radical (unpaired) electrons. The summed E-state index contributed by atoms with van der Waals surface area (Å²) >= 11 is 6.22. The first-order valence-electron chi connectivity index (χ1n) is 8.95. The van der Waals surface area contributed by atoms with E-state index in [9.17, 15) is 8.42 Å². The molecular weight excluding hydrogens is 410 g/mol. The Morgan fingerprint density at radius 3 is 2.31 bits per heavy atom. The molecule has 0 saturated carbocycles. The van der Waals surface area contributed by atoms with Crippen LogP contribution in [0.4, 0.5) is 5.69 Å². The average molecular weight is 430 g/mol. The van der Waals surface area contributed by atoms with E-state index in [1.807, 2.05) is 38.1 Å². The van der Waals surface area contributed by atoms with Gasteiger partial charge in [-0.3, -0.25) is 4.99 Å². The fraction of sp³-hybridized carbons (Fsp3) is 0.136. The summed E-state index contributed by atoms with van der Waals surface area (Å²) in [6.45, 7) is 4.41. The van der Waals surface area contributed by atoms with Gasteiger partial charge in [-0.2, -0.15) is 8.42 Å². The lowest BCUT2D eigenvalue weighted by atomic mass is 10.2. The molecule has 3 rings (SSSR count). The lowest BCUT2D eigenvalue weighted by Crippen LogP contribution is -2.10. The van der Waals surface area contributed by atoms with Crippen LogP contribution in [0.1, 0.15) is 18.1 Å². The Morgan fingerprint density at radius 2 is 1.69 bits per heavy atom. The lowest BCUT2D eigenvalue weighted by molar-refractivity contribution is 0.340. The molecule has 0 spiro atoms. The van der Waals surface area contributed by atoms with E-state index in [1.54, 1.807) is 30.5 Å². The minimum atomic E-state index is -3.96. The molecule has 3 aromatic rings. The van der Waals surface area contributed by atoms with Crippen molar-refractivity contribution in [3.8, 4) is 11.5 Å². The highest BCUT2D eigenvalue weighted by Gasteiger charge is 2.18. The Morgan fingerprint density at radius 1 is 1.00 bits per heavy atom. The van der Waals surface area contributed by atoms with Gasteiger partial charge < -0.3 is 8.92 Å². The van der Waals surface area contributed by atoms with Crippen LogP contribution in [0.25, 0.3) is 0 Å². The Bertz CT molecular complexity index is 1110. The van der Waals surface area contributed by atoms with E-state index in [2.05, 4.69) is 4.99 Å². The smallest absolute Gasteiger partial charge is 0.339 e. The summed E-state index contributed by atoms with van der Waals surface area (Å²) in [5.74, 6) is 0.844. The number of halogens is 1. The summed E-state index contributed by atoms with van der Waals surface area (Å²) in [5.41, 5.74) is 2.42. The van der Waals surface area contributed by atoms with Crippen molar-refractivity contribution in [2.45, 2.75) is 18.7 Å². The first-order chi connectivity index (χ1) is 13.9. The van der Waals surface area contributed by atoms with E-state index in [0.29, 0.717) is 12.2 Å². The number of rotatable bonds is 7. The van der Waals surface area contributed by atoms with Gasteiger partial charge in [0, 0.05) is 6.21 Å². The molecule has 150 valence electrons. The number of ether oxygens (including phenoxy) is 1. The fourth-order valence-electron chi connectivity index (χ4n) is 2.48. The van der Waals surface area contributed by atoms with Crippen LogP contribution in [0, 0.1) is 6.92 Å². The number of benzene rings is 3. The summed E-state index contributed by atoms with van der Waals surface area (Å²) < 4.78 is 35.4. The molecule has 7 heteroatoms. The SMILES string of the molecule is CCOc1ccc(N=Cc2ccc(OS(=O)(=O)c3ccc(C)cc3)c(Cl)c2)cc1. The van der Waals surface area contributed by atoms with Gasteiger partial charge in [-0.25, -0.2) is 0 Å². The molecule has 0 saturated heterocycles. The van der Waals surface area contributed by atoms with E-state index in [0.717, 1.165) is 17.0 Å². The summed E-state index contributed by atoms with van der Waals surface area (Å²) in [7, 11) is -3.96. The monoisotopic (exact) mass is 429 g/mol. The van der Waals surface area contributed by atoms with Gasteiger partial charge in [0.2, 0.25) is 0 Å². The van der Waals surface area contributed by atoms with Crippen molar-refractivity contribution in [1.82, 2.24) is 0 Å². The third-order valence-corrected chi connectivity index (χ3v) is 5.52. The van der Waals surface area contributed by atoms with Crippen LogP contribution in [-0.2, 0) is 10.1 Å². The third-order valence-electron chi connectivity index (χ3n) is 3.98. The Hall–Kier alpha value is -2.83. The summed E-state index contributed by atoms with van der Waals surface area (Å²) in [6.07, 6.45) is 1.64. The largest absolute Gasteiger partial charge is 0.494 e. The lowest BCUT2D eigenvalue weighted by Gasteiger charge is -2.09. The molecule has 0 aliphatic carbocycles. The van der Waals surface area contributed by atoms with Crippen molar-refractivity contribution >= 4 is 33.6 Å². The molecule has 0 amide bonds. The van der Waals surface area contributed by atoms with Gasteiger partial charge in [0.05, 0.1) is 17.3 Å². The highest BCUT2D eigenvalue weighted by molar-refractivity contribution is 7.87. The molecule has 3 aromatic carbocycles. The first kappa shape index (κ1) is 20.9. The maximum Gasteiger partial charge on any atom is 0.339 e. The molecule has 0 aromatic heterocycles. The number of hydrogen-bond donors (Lipinski definition) is 0. The van der Waals surface area contributed by atoms with Gasteiger partial charge in [0.25, 0.3) is 0 Å². The predicted octanol–water partition coefficient (Wildman–Crippen LogP) is 5.57. The number of aryl methyl sites for hydroxylation is 1. The van der Waals surface area contributed by atoms with E-state index in [4.69, 9.17) is 20.5 Å². The molecule has 0 aliphatic heterocycles. The molecular formula is C22H20ClNO4S. The molecule has 0 aliphatic rings. The van der Waals surface area contributed by atoms with Gasteiger partial charge in [0.1, 0.15) is 10.6 Å². The summed E-state index contributed by atoms with van der Waals surface area (Å²) in [6, 6.07) is 18.6. The highest BCUT2D eigenvalue weighted by atomic mass is 35.5. The average Bonchev–Trinajstić information content (AvgIpc) is 2.70. The molecule has 5 nitrogen and oxygen atoms in total. The second-order valence-corrected chi connectivity index (χ2v) is 8.18. The highest BCUT2D eigenvalue weighted by Crippen LogP contribution is 2.28. The van der Waals surface area contributed by atoms with Crippen molar-refractivity contribution in [2.24, 2.45) is 4.99 Å². The molecule has 0 bridgehead atoms. The number of aliphatic imine (C=N–C) groups is 1. The Kier molecular flexibility index (Phi) is 6.56. The topological polar surface area (TPSA) is 65.0 Å². The van der Waals surface area contributed by atoms with Crippen LogP contribution in [0.15, 0.2) is 76.6 Å². The van der Waals surface area contributed by atoms with Gasteiger partial charge in [-0.1, -0.05) is 29.3 Å². The predicted molar refractivity (Wildman–Crippen MR) is 115 cm³/mol. The van der Waals surface area contributed by atoms with E-state index in [-0.39, 0.29) is 15.7 Å². The molecule has 0 heterocycles. The minimum absolute atomic E-state index is 0.0606. The summed E-state index contributed by atoms with van der Waals surface area (Å²) in [4.78, 5) is 4.45. The number of hydrogen-bond acceptors (Lipinski definition) is 5. The second kappa shape index (κ2) is 9.11. The van der Waals surface area contributed by atoms with Crippen molar-refractivity contribution in [2.75, 3.05) is 6.61 Å². The van der Waals surface area contributed by atoms with E-state index in [1.165, 1.54) is 18.2 Å². The summed E-state index contributed by atoms with van der Waals surface area (Å²) in [5, 5.41) is 0.177. The third kappa shape index (κ3) is 5.59. The van der Waals surface area contributed by atoms with Crippen molar-refractivity contribution in [1.29, 1.82) is 0 Å². The van der Waals surface area contributed by atoms with Crippen LogP contribution in [0.2, 0.25) is 5.02 Å². The fourth-order valence-corrected chi connectivity index (χ4v) is 3.70. The van der Waals surface area contributed by atoms with Crippen LogP contribution >= 0.6 is 11.6 Å². The van der Waals surface area contributed by atoms with Crippen LogP contribution in [-0.4, -0.2) is 21.2 Å². The van der Waals surface area contributed by atoms with Crippen LogP contribution < -0.4 is 8.92 Å². The Balaban J connectivity index is 1.73.